The molecule has 96 valence electrons. The van der Waals surface area contributed by atoms with Crippen molar-refractivity contribution in [2.75, 3.05) is 6.61 Å². The Morgan fingerprint density at radius 2 is 1.31 bits per heavy atom. The van der Waals surface area contributed by atoms with Crippen LogP contribution in [0.5, 0.6) is 0 Å². The molecule has 1 heterocycles. The molecule has 0 aromatic rings. The molecular weight excluding hydrogens is 196 g/mol. The third-order valence-electron chi connectivity index (χ3n) is 3.74. The fourth-order valence-corrected chi connectivity index (χ4v) is 2.55. The van der Waals surface area contributed by atoms with Gasteiger partial charge in [0.15, 0.2) is 0 Å². The molecular formula is C15H30O. The molecule has 0 saturated carbocycles. The average molecular weight is 226 g/mol. The molecule has 1 fully saturated rings. The molecule has 1 aliphatic rings. The molecule has 1 saturated heterocycles. The predicted octanol–water partition coefficient (Wildman–Crippen LogP) is 5.09. The molecule has 16 heavy (non-hydrogen) atoms. The van der Waals surface area contributed by atoms with Gasteiger partial charge in [0.05, 0.1) is 12.2 Å². The first-order chi connectivity index (χ1) is 7.83. The Morgan fingerprint density at radius 3 is 1.81 bits per heavy atom. The van der Waals surface area contributed by atoms with Crippen LogP contribution in [-0.2, 0) is 4.74 Å². The highest BCUT2D eigenvalue weighted by atomic mass is 16.6. The minimum Gasteiger partial charge on any atom is -0.370 e. The van der Waals surface area contributed by atoms with E-state index in [9.17, 15) is 0 Å². The summed E-state index contributed by atoms with van der Waals surface area (Å²) < 4.78 is 5.60. The normalized spacial score (nSPS) is 23.6. The Kier molecular flexibility index (Phi) is 7.11. The van der Waals surface area contributed by atoms with Crippen molar-refractivity contribution in [3.8, 4) is 0 Å². The zero-order valence-corrected chi connectivity index (χ0v) is 11.4. The summed E-state index contributed by atoms with van der Waals surface area (Å²) in [4.78, 5) is 0. The fraction of sp³-hybridized carbons (Fsp3) is 1.00. The quantitative estimate of drug-likeness (QED) is 0.353. The Morgan fingerprint density at radius 1 is 0.750 bits per heavy atom. The maximum Gasteiger partial charge on any atom is 0.0916 e. The van der Waals surface area contributed by atoms with Crippen LogP contribution in [0.3, 0.4) is 0 Å². The number of unbranched alkanes of at least 4 members (excludes halogenated alkanes) is 7. The standard InChI is InChI=1S/C15H30O/c1-3-5-6-7-8-9-10-11-13-15(12-4-2)14-16-15/h3-14H2,1-2H3. The highest BCUT2D eigenvalue weighted by molar-refractivity contribution is 4.91. The van der Waals surface area contributed by atoms with Gasteiger partial charge >= 0.3 is 0 Å². The topological polar surface area (TPSA) is 12.5 Å². The van der Waals surface area contributed by atoms with E-state index in [0.29, 0.717) is 5.60 Å². The van der Waals surface area contributed by atoms with Gasteiger partial charge in [-0.05, 0) is 12.8 Å². The first kappa shape index (κ1) is 14.0. The molecule has 1 nitrogen and oxygen atoms in total. The minimum absolute atomic E-state index is 0.344. The van der Waals surface area contributed by atoms with Crippen molar-refractivity contribution in [1.82, 2.24) is 0 Å². The van der Waals surface area contributed by atoms with Gasteiger partial charge in [0.1, 0.15) is 0 Å². The van der Waals surface area contributed by atoms with Gasteiger partial charge in [-0.25, -0.2) is 0 Å². The van der Waals surface area contributed by atoms with Crippen LogP contribution in [0.2, 0.25) is 0 Å². The highest BCUT2D eigenvalue weighted by Gasteiger charge is 2.42. The number of hydrogen-bond acceptors (Lipinski definition) is 1. The Labute approximate surface area is 102 Å². The lowest BCUT2D eigenvalue weighted by atomic mass is 9.96. The second-order valence-electron chi connectivity index (χ2n) is 5.45. The second-order valence-corrected chi connectivity index (χ2v) is 5.45. The second kappa shape index (κ2) is 8.11. The van der Waals surface area contributed by atoms with Crippen molar-refractivity contribution < 1.29 is 4.74 Å². The lowest BCUT2D eigenvalue weighted by Crippen LogP contribution is -2.09. The molecule has 1 rings (SSSR count). The van der Waals surface area contributed by atoms with Crippen LogP contribution in [0, 0.1) is 0 Å². The summed E-state index contributed by atoms with van der Waals surface area (Å²) in [6.07, 6.45) is 15.2. The molecule has 1 atom stereocenters. The van der Waals surface area contributed by atoms with E-state index in [1.165, 1.54) is 70.6 Å². The van der Waals surface area contributed by atoms with Crippen LogP contribution >= 0.6 is 0 Å². The first-order valence-electron chi connectivity index (χ1n) is 7.47. The summed E-state index contributed by atoms with van der Waals surface area (Å²) in [5.41, 5.74) is 0.344. The zero-order chi connectivity index (χ0) is 11.7. The van der Waals surface area contributed by atoms with Gasteiger partial charge < -0.3 is 4.74 Å². The molecule has 1 aliphatic heterocycles. The van der Waals surface area contributed by atoms with Gasteiger partial charge in [-0.3, -0.25) is 0 Å². The van der Waals surface area contributed by atoms with Crippen molar-refractivity contribution in [3.63, 3.8) is 0 Å². The lowest BCUT2D eigenvalue weighted by molar-refractivity contribution is 0.265. The number of rotatable bonds is 11. The fourth-order valence-electron chi connectivity index (χ4n) is 2.55. The molecule has 0 aliphatic carbocycles. The predicted molar refractivity (Wildman–Crippen MR) is 70.8 cm³/mol. The molecule has 0 bridgehead atoms. The van der Waals surface area contributed by atoms with Gasteiger partial charge in [-0.15, -0.1) is 0 Å². The van der Waals surface area contributed by atoms with Crippen molar-refractivity contribution in [2.24, 2.45) is 0 Å². The minimum atomic E-state index is 0.344. The molecule has 0 N–H and O–H groups in total. The highest BCUT2D eigenvalue weighted by Crippen LogP contribution is 2.37. The Hall–Kier alpha value is -0.0400. The smallest absolute Gasteiger partial charge is 0.0916 e. The van der Waals surface area contributed by atoms with Crippen LogP contribution in [0.25, 0.3) is 0 Å². The van der Waals surface area contributed by atoms with E-state index in [2.05, 4.69) is 13.8 Å². The summed E-state index contributed by atoms with van der Waals surface area (Å²) >= 11 is 0. The average Bonchev–Trinajstić information content (AvgIpc) is 3.03. The lowest BCUT2D eigenvalue weighted by Gasteiger charge is -2.09. The van der Waals surface area contributed by atoms with Gasteiger partial charge in [0, 0.05) is 0 Å². The van der Waals surface area contributed by atoms with Crippen LogP contribution < -0.4 is 0 Å². The van der Waals surface area contributed by atoms with E-state index < -0.39 is 0 Å². The molecule has 1 heteroatoms. The van der Waals surface area contributed by atoms with Crippen molar-refractivity contribution >= 4 is 0 Å². The van der Waals surface area contributed by atoms with E-state index in [-0.39, 0.29) is 0 Å². The summed E-state index contributed by atoms with van der Waals surface area (Å²) in [7, 11) is 0. The van der Waals surface area contributed by atoms with E-state index in [4.69, 9.17) is 4.74 Å². The van der Waals surface area contributed by atoms with Crippen LogP contribution in [0.15, 0.2) is 0 Å². The molecule has 0 aromatic carbocycles. The van der Waals surface area contributed by atoms with E-state index in [1.54, 1.807) is 0 Å². The first-order valence-corrected chi connectivity index (χ1v) is 7.47. The molecule has 0 spiro atoms. The number of hydrogen-bond donors (Lipinski definition) is 0. The molecule has 0 aromatic heterocycles. The summed E-state index contributed by atoms with van der Waals surface area (Å²) in [6.45, 7) is 5.58. The van der Waals surface area contributed by atoms with Crippen LogP contribution in [0.1, 0.15) is 84.5 Å². The largest absolute Gasteiger partial charge is 0.370 e. The van der Waals surface area contributed by atoms with Gasteiger partial charge in [-0.1, -0.05) is 71.6 Å². The Balaban J connectivity index is 1.81. The number of ether oxygens (including phenoxy) is 1. The van der Waals surface area contributed by atoms with Crippen LogP contribution in [-0.4, -0.2) is 12.2 Å². The van der Waals surface area contributed by atoms with E-state index in [1.807, 2.05) is 0 Å². The van der Waals surface area contributed by atoms with Crippen molar-refractivity contribution in [2.45, 2.75) is 90.1 Å². The van der Waals surface area contributed by atoms with Crippen molar-refractivity contribution in [1.29, 1.82) is 0 Å². The maximum absolute atomic E-state index is 5.60. The van der Waals surface area contributed by atoms with Gasteiger partial charge in [0.25, 0.3) is 0 Å². The monoisotopic (exact) mass is 226 g/mol. The maximum atomic E-state index is 5.60. The summed E-state index contributed by atoms with van der Waals surface area (Å²) in [5.74, 6) is 0. The third-order valence-corrected chi connectivity index (χ3v) is 3.74. The SMILES string of the molecule is CCCCCCCCCCC1(CCC)CO1. The third kappa shape index (κ3) is 5.89. The van der Waals surface area contributed by atoms with Gasteiger partial charge in [0.2, 0.25) is 0 Å². The molecule has 1 unspecified atom stereocenters. The zero-order valence-electron chi connectivity index (χ0n) is 11.4. The van der Waals surface area contributed by atoms with Gasteiger partial charge in [-0.2, -0.15) is 0 Å². The van der Waals surface area contributed by atoms with E-state index >= 15 is 0 Å². The summed E-state index contributed by atoms with van der Waals surface area (Å²) in [5, 5.41) is 0. The van der Waals surface area contributed by atoms with Crippen LogP contribution in [0.4, 0.5) is 0 Å². The summed E-state index contributed by atoms with van der Waals surface area (Å²) in [6, 6.07) is 0. The Bertz CT molecular complexity index is 161. The van der Waals surface area contributed by atoms with Crippen molar-refractivity contribution in [3.05, 3.63) is 0 Å². The molecule has 0 radical (unpaired) electrons. The molecule has 0 amide bonds. The van der Waals surface area contributed by atoms with E-state index in [0.717, 1.165) is 6.61 Å². The number of epoxide rings is 1.